The van der Waals surface area contributed by atoms with E-state index < -0.39 is 9.53 Å². The predicted octanol–water partition coefficient (Wildman–Crippen LogP) is 1.69. The third-order valence-corrected chi connectivity index (χ3v) is 3.27. The molecule has 0 aliphatic heterocycles. The molecule has 0 fully saturated rings. The average Bonchev–Trinajstić information content (AvgIpc) is 2.05. The van der Waals surface area contributed by atoms with Crippen LogP contribution in [0, 0.1) is 11.8 Å². The van der Waals surface area contributed by atoms with Crippen LogP contribution in [0.2, 0.25) is 0 Å². The number of rotatable bonds is 6. The molecular weight excluding hydrogens is 184 g/mol. The lowest BCUT2D eigenvalue weighted by Crippen LogP contribution is -2.36. The first kappa shape index (κ1) is 13.1. The maximum atomic E-state index is 5.77. The highest BCUT2D eigenvalue weighted by atomic mass is 28.3. The minimum atomic E-state index is -1.86. The highest BCUT2D eigenvalue weighted by Gasteiger charge is 2.24. The quantitative estimate of drug-likeness (QED) is 0.619. The summed E-state index contributed by atoms with van der Waals surface area (Å²) in [4.78, 5) is 0. The molecule has 0 aromatic heterocycles. The van der Waals surface area contributed by atoms with Crippen LogP contribution >= 0.6 is 0 Å². The molecule has 4 heteroatoms. The van der Waals surface area contributed by atoms with Crippen molar-refractivity contribution in [3.05, 3.63) is 0 Å². The summed E-state index contributed by atoms with van der Waals surface area (Å²) >= 11 is 0. The molecule has 0 radical (unpaired) electrons. The summed E-state index contributed by atoms with van der Waals surface area (Å²) < 4.78 is 16.0. The van der Waals surface area contributed by atoms with E-state index in [2.05, 4.69) is 27.7 Å². The summed E-state index contributed by atoms with van der Waals surface area (Å²) in [6, 6.07) is 0. The summed E-state index contributed by atoms with van der Waals surface area (Å²) in [6.45, 7) is 8.62. The molecule has 0 saturated heterocycles. The van der Waals surface area contributed by atoms with Gasteiger partial charge in [0.05, 0.1) is 6.10 Å². The van der Waals surface area contributed by atoms with E-state index in [0.29, 0.717) is 11.8 Å². The fourth-order valence-corrected chi connectivity index (χ4v) is 2.72. The summed E-state index contributed by atoms with van der Waals surface area (Å²) in [6.07, 6.45) is 0.233. The van der Waals surface area contributed by atoms with Crippen LogP contribution in [0.5, 0.6) is 0 Å². The largest absolute Gasteiger partial charge is 0.483 e. The Bertz CT molecular complexity index is 116. The molecule has 0 spiro atoms. The normalized spacial score (nSPS) is 12.5. The van der Waals surface area contributed by atoms with Crippen molar-refractivity contribution in [1.82, 2.24) is 0 Å². The van der Waals surface area contributed by atoms with Crippen molar-refractivity contribution < 1.29 is 13.3 Å². The highest BCUT2D eigenvalue weighted by molar-refractivity contribution is 6.36. The van der Waals surface area contributed by atoms with Gasteiger partial charge in [0.25, 0.3) is 0 Å². The van der Waals surface area contributed by atoms with Crippen LogP contribution in [0.3, 0.4) is 0 Å². The van der Waals surface area contributed by atoms with Crippen LogP contribution in [0.15, 0.2) is 0 Å². The molecule has 0 bridgehead atoms. The van der Waals surface area contributed by atoms with E-state index in [1.165, 1.54) is 0 Å². The fraction of sp³-hybridized carbons (Fsp3) is 1.00. The summed E-state index contributed by atoms with van der Waals surface area (Å²) in [7, 11) is 1.41. The van der Waals surface area contributed by atoms with Gasteiger partial charge in [-0.2, -0.15) is 0 Å². The third kappa shape index (κ3) is 4.76. The van der Waals surface area contributed by atoms with Crippen molar-refractivity contribution in [3.63, 3.8) is 0 Å². The smallest absolute Gasteiger partial charge is 0.379 e. The second-order valence-corrected chi connectivity index (χ2v) is 5.64. The van der Waals surface area contributed by atoms with Crippen molar-refractivity contribution in [2.24, 2.45) is 11.8 Å². The molecule has 0 N–H and O–H groups in total. The topological polar surface area (TPSA) is 27.7 Å². The van der Waals surface area contributed by atoms with E-state index in [0.717, 1.165) is 0 Å². The number of hydrogen-bond acceptors (Lipinski definition) is 3. The first-order valence-electron chi connectivity index (χ1n) is 4.74. The maximum Gasteiger partial charge on any atom is 0.483 e. The maximum absolute atomic E-state index is 5.77. The minimum absolute atomic E-state index is 0.233. The van der Waals surface area contributed by atoms with Crippen LogP contribution in [-0.4, -0.2) is 29.9 Å². The standard InChI is InChI=1S/C9H22O3Si/c1-7(2)9(8(3)4)12-13(10-5)11-6/h7-9,13H,1-6H3. The molecule has 0 aliphatic carbocycles. The highest BCUT2D eigenvalue weighted by Crippen LogP contribution is 2.17. The predicted molar refractivity (Wildman–Crippen MR) is 55.7 cm³/mol. The van der Waals surface area contributed by atoms with Gasteiger partial charge in [-0.15, -0.1) is 0 Å². The molecule has 3 nitrogen and oxygen atoms in total. The zero-order valence-corrected chi connectivity index (χ0v) is 10.7. The van der Waals surface area contributed by atoms with Crippen LogP contribution in [0.4, 0.5) is 0 Å². The zero-order valence-electron chi connectivity index (χ0n) is 9.53. The lowest BCUT2D eigenvalue weighted by molar-refractivity contribution is 0.0342. The Morgan fingerprint density at radius 1 is 0.846 bits per heavy atom. The molecule has 13 heavy (non-hydrogen) atoms. The van der Waals surface area contributed by atoms with E-state index in [1.807, 2.05) is 0 Å². The van der Waals surface area contributed by atoms with Crippen molar-refractivity contribution >= 4 is 9.53 Å². The molecule has 0 saturated carbocycles. The Balaban J connectivity index is 4.08. The minimum Gasteiger partial charge on any atom is -0.379 e. The van der Waals surface area contributed by atoms with Gasteiger partial charge in [0.1, 0.15) is 0 Å². The monoisotopic (exact) mass is 206 g/mol. The van der Waals surface area contributed by atoms with Gasteiger partial charge in [0.15, 0.2) is 0 Å². The van der Waals surface area contributed by atoms with E-state index >= 15 is 0 Å². The Morgan fingerprint density at radius 2 is 1.23 bits per heavy atom. The van der Waals surface area contributed by atoms with Gasteiger partial charge in [0.2, 0.25) is 0 Å². The Hall–Kier alpha value is 0.0969. The SMILES string of the molecule is CO[SiH](OC)OC(C(C)C)C(C)C. The fourth-order valence-electron chi connectivity index (χ4n) is 1.42. The summed E-state index contributed by atoms with van der Waals surface area (Å²) in [5.41, 5.74) is 0. The van der Waals surface area contributed by atoms with Crippen molar-refractivity contribution in [2.75, 3.05) is 14.2 Å². The van der Waals surface area contributed by atoms with E-state index in [1.54, 1.807) is 14.2 Å². The zero-order chi connectivity index (χ0) is 10.4. The van der Waals surface area contributed by atoms with Crippen molar-refractivity contribution in [3.8, 4) is 0 Å². The second-order valence-electron chi connectivity index (χ2n) is 3.85. The Morgan fingerprint density at radius 3 is 1.46 bits per heavy atom. The van der Waals surface area contributed by atoms with Crippen LogP contribution in [0.25, 0.3) is 0 Å². The van der Waals surface area contributed by atoms with E-state index in [9.17, 15) is 0 Å². The van der Waals surface area contributed by atoms with Crippen LogP contribution < -0.4 is 0 Å². The van der Waals surface area contributed by atoms with E-state index in [-0.39, 0.29) is 6.10 Å². The first-order chi connectivity index (χ1) is 6.02. The molecule has 0 aliphatic rings. The molecule has 80 valence electrons. The number of hydrogen-bond donors (Lipinski definition) is 0. The first-order valence-corrected chi connectivity index (χ1v) is 6.15. The average molecular weight is 206 g/mol. The molecule has 0 aromatic rings. The van der Waals surface area contributed by atoms with Crippen molar-refractivity contribution in [2.45, 2.75) is 33.8 Å². The Kier molecular flexibility index (Phi) is 6.58. The van der Waals surface area contributed by atoms with Gasteiger partial charge in [-0.05, 0) is 11.8 Å². The third-order valence-electron chi connectivity index (χ3n) is 1.97. The molecular formula is C9H22O3Si. The molecule has 0 aromatic carbocycles. The molecule has 0 atom stereocenters. The summed E-state index contributed by atoms with van der Waals surface area (Å²) in [5.74, 6) is 1.00. The molecule has 0 amide bonds. The molecule has 0 heterocycles. The van der Waals surface area contributed by atoms with Crippen molar-refractivity contribution in [1.29, 1.82) is 0 Å². The molecule has 0 rings (SSSR count). The summed E-state index contributed by atoms with van der Waals surface area (Å²) in [5, 5.41) is 0. The van der Waals surface area contributed by atoms with Gasteiger partial charge >= 0.3 is 9.53 Å². The van der Waals surface area contributed by atoms with Crippen LogP contribution in [0.1, 0.15) is 27.7 Å². The van der Waals surface area contributed by atoms with Gasteiger partial charge in [0, 0.05) is 14.2 Å². The van der Waals surface area contributed by atoms with Gasteiger partial charge < -0.3 is 13.3 Å². The van der Waals surface area contributed by atoms with Crippen LogP contribution in [-0.2, 0) is 13.3 Å². The van der Waals surface area contributed by atoms with Gasteiger partial charge in [-0.3, -0.25) is 0 Å². The molecule has 0 unspecified atom stereocenters. The van der Waals surface area contributed by atoms with Gasteiger partial charge in [-0.1, -0.05) is 27.7 Å². The Labute approximate surface area is 83.3 Å². The second kappa shape index (κ2) is 6.54. The lowest BCUT2D eigenvalue weighted by Gasteiger charge is -2.27. The van der Waals surface area contributed by atoms with E-state index in [4.69, 9.17) is 13.3 Å². The van der Waals surface area contributed by atoms with Gasteiger partial charge in [-0.25, -0.2) is 0 Å². The lowest BCUT2D eigenvalue weighted by atomic mass is 9.97.